The summed E-state index contributed by atoms with van der Waals surface area (Å²) in [5, 5.41) is 1.48. The van der Waals surface area contributed by atoms with Gasteiger partial charge in [-0.3, -0.25) is 0 Å². The number of hydroxylamine groups is 2. The van der Waals surface area contributed by atoms with Gasteiger partial charge in [-0.2, -0.15) is 0 Å². The van der Waals surface area contributed by atoms with Gasteiger partial charge in [0.25, 0.3) is 0 Å². The Bertz CT molecular complexity index is 367. The van der Waals surface area contributed by atoms with Gasteiger partial charge in [-0.1, -0.05) is 0 Å². The standard InChI is InChI=1S/C11H14AsNO2/c12-10-4-1-3-9(7-10)8-15-13-6-2-5-11(13)14/h1,3-4,7H,2,5-6,8,12H2. The molecule has 1 fully saturated rings. The quantitative estimate of drug-likeness (QED) is 0.721. The molecule has 1 aliphatic heterocycles. The number of hydrogen-bond donors (Lipinski definition) is 0. The minimum atomic E-state index is 0.104. The third-order valence-electron chi connectivity index (χ3n) is 2.37. The summed E-state index contributed by atoms with van der Waals surface area (Å²) in [4.78, 5) is 16.7. The Kier molecular flexibility index (Phi) is 3.44. The molecule has 2 rings (SSSR count). The van der Waals surface area contributed by atoms with Crippen LogP contribution in [0.4, 0.5) is 0 Å². The van der Waals surface area contributed by atoms with Crippen LogP contribution in [0.15, 0.2) is 24.3 Å². The molecule has 80 valence electrons. The van der Waals surface area contributed by atoms with Crippen molar-refractivity contribution in [2.45, 2.75) is 19.4 Å². The number of carbonyl (C=O) groups excluding carboxylic acids is 1. The van der Waals surface area contributed by atoms with Crippen LogP contribution in [-0.2, 0) is 16.2 Å². The third-order valence-corrected chi connectivity index (χ3v) is 3.12. The van der Waals surface area contributed by atoms with Gasteiger partial charge in [0.15, 0.2) is 0 Å². The molecular weight excluding hydrogens is 253 g/mol. The first-order valence-electron chi connectivity index (χ1n) is 5.03. The number of amides is 1. The molecule has 1 saturated heterocycles. The van der Waals surface area contributed by atoms with E-state index in [0.29, 0.717) is 13.0 Å². The fourth-order valence-electron chi connectivity index (χ4n) is 1.60. The number of rotatable bonds is 3. The van der Waals surface area contributed by atoms with E-state index in [-0.39, 0.29) is 5.91 Å². The molecule has 0 radical (unpaired) electrons. The van der Waals surface area contributed by atoms with E-state index in [1.807, 2.05) is 12.1 Å². The van der Waals surface area contributed by atoms with Crippen LogP contribution in [0.1, 0.15) is 18.4 Å². The van der Waals surface area contributed by atoms with Gasteiger partial charge in [-0.05, 0) is 0 Å². The van der Waals surface area contributed by atoms with E-state index in [1.54, 1.807) is 16.9 Å². The fourth-order valence-corrected chi connectivity index (χ4v) is 2.28. The molecule has 0 N–H and O–H groups in total. The second-order valence-electron chi connectivity index (χ2n) is 3.62. The Morgan fingerprint density at radius 1 is 1.47 bits per heavy atom. The van der Waals surface area contributed by atoms with Gasteiger partial charge >= 0.3 is 97.6 Å². The molecule has 3 nitrogen and oxygen atoms in total. The SMILES string of the molecule is O=C1CCCN1OCc1cccc([AsH2])c1. The molecule has 0 spiro atoms. The van der Waals surface area contributed by atoms with Gasteiger partial charge < -0.3 is 0 Å². The second-order valence-corrected chi connectivity index (χ2v) is 5.02. The van der Waals surface area contributed by atoms with Crippen molar-refractivity contribution in [3.8, 4) is 0 Å². The predicted molar refractivity (Wildman–Crippen MR) is 60.4 cm³/mol. The Labute approximate surface area is 97.9 Å². The van der Waals surface area contributed by atoms with E-state index in [2.05, 4.69) is 12.1 Å². The van der Waals surface area contributed by atoms with Crippen molar-refractivity contribution in [3.05, 3.63) is 29.8 Å². The molecule has 0 aromatic heterocycles. The first-order valence-corrected chi connectivity index (χ1v) is 6.24. The molecule has 15 heavy (non-hydrogen) atoms. The Morgan fingerprint density at radius 2 is 2.33 bits per heavy atom. The average Bonchev–Trinajstić information content (AvgIpc) is 2.61. The second kappa shape index (κ2) is 4.82. The summed E-state index contributed by atoms with van der Waals surface area (Å²) in [6.45, 7) is 1.22. The molecule has 1 atom stereocenters. The van der Waals surface area contributed by atoms with E-state index in [0.717, 1.165) is 18.5 Å². The van der Waals surface area contributed by atoms with Crippen molar-refractivity contribution in [1.29, 1.82) is 0 Å². The number of carbonyl (C=O) groups is 1. The first kappa shape index (κ1) is 10.7. The number of hydrogen-bond acceptors (Lipinski definition) is 2. The Morgan fingerprint density at radius 3 is 3.00 bits per heavy atom. The van der Waals surface area contributed by atoms with E-state index in [1.165, 1.54) is 9.41 Å². The van der Waals surface area contributed by atoms with E-state index in [9.17, 15) is 4.79 Å². The van der Waals surface area contributed by atoms with Crippen molar-refractivity contribution in [1.82, 2.24) is 5.06 Å². The molecule has 1 heterocycles. The Hall–Kier alpha value is -0.792. The van der Waals surface area contributed by atoms with Crippen molar-refractivity contribution in [2.75, 3.05) is 6.54 Å². The zero-order chi connectivity index (χ0) is 10.7. The summed E-state index contributed by atoms with van der Waals surface area (Å²) in [6.07, 6.45) is 1.53. The number of nitrogens with zero attached hydrogens (tertiary/aromatic N) is 1. The summed E-state index contributed by atoms with van der Waals surface area (Å²) in [5.74, 6) is 0.104. The maximum absolute atomic E-state index is 11.3. The summed E-state index contributed by atoms with van der Waals surface area (Å²) in [7, 11) is 0. The molecule has 0 bridgehead atoms. The summed E-state index contributed by atoms with van der Waals surface area (Å²) in [6, 6.07) is 8.20. The Balaban J connectivity index is 1.90. The normalized spacial score (nSPS) is 16.1. The molecule has 1 aliphatic rings. The summed E-state index contributed by atoms with van der Waals surface area (Å²) >= 11 is 1.60. The van der Waals surface area contributed by atoms with Gasteiger partial charge in [0.2, 0.25) is 0 Å². The zero-order valence-electron chi connectivity index (χ0n) is 8.48. The van der Waals surface area contributed by atoms with Gasteiger partial charge in [-0.15, -0.1) is 0 Å². The molecule has 0 saturated carbocycles. The monoisotopic (exact) mass is 267 g/mol. The maximum atomic E-state index is 11.3. The van der Waals surface area contributed by atoms with Crippen LogP contribution in [-0.4, -0.2) is 34.4 Å². The van der Waals surface area contributed by atoms with E-state index in [4.69, 9.17) is 4.84 Å². The van der Waals surface area contributed by atoms with Gasteiger partial charge in [-0.25, -0.2) is 0 Å². The molecular formula is C11H14AsNO2. The molecule has 4 heteroatoms. The van der Waals surface area contributed by atoms with Gasteiger partial charge in [0, 0.05) is 0 Å². The fraction of sp³-hybridized carbons (Fsp3) is 0.364. The van der Waals surface area contributed by atoms with Crippen LogP contribution in [0.2, 0.25) is 0 Å². The molecule has 1 unspecified atom stereocenters. The summed E-state index contributed by atoms with van der Waals surface area (Å²) < 4.78 is 1.27. The van der Waals surface area contributed by atoms with Crippen molar-refractivity contribution in [3.63, 3.8) is 0 Å². The van der Waals surface area contributed by atoms with Gasteiger partial charge in [0.05, 0.1) is 0 Å². The first-order chi connectivity index (χ1) is 7.25. The van der Waals surface area contributed by atoms with E-state index < -0.39 is 0 Å². The van der Waals surface area contributed by atoms with Crippen LogP contribution >= 0.6 is 0 Å². The third kappa shape index (κ3) is 2.83. The van der Waals surface area contributed by atoms with Crippen molar-refractivity contribution < 1.29 is 9.63 Å². The number of benzene rings is 1. The molecule has 0 aliphatic carbocycles. The molecule has 1 aromatic rings. The van der Waals surface area contributed by atoms with Crippen molar-refractivity contribution >= 4 is 27.1 Å². The summed E-state index contributed by atoms with van der Waals surface area (Å²) in [5.41, 5.74) is 1.12. The topological polar surface area (TPSA) is 29.5 Å². The van der Waals surface area contributed by atoms with Crippen LogP contribution < -0.4 is 4.35 Å². The van der Waals surface area contributed by atoms with Crippen LogP contribution in [0.25, 0.3) is 0 Å². The minimum absolute atomic E-state index is 0.104. The van der Waals surface area contributed by atoms with Crippen LogP contribution in [0.5, 0.6) is 0 Å². The average molecular weight is 267 g/mol. The van der Waals surface area contributed by atoms with Crippen LogP contribution in [0.3, 0.4) is 0 Å². The van der Waals surface area contributed by atoms with Gasteiger partial charge in [0.1, 0.15) is 0 Å². The molecule has 1 amide bonds. The zero-order valence-corrected chi connectivity index (χ0v) is 10.9. The van der Waals surface area contributed by atoms with Crippen molar-refractivity contribution in [2.24, 2.45) is 0 Å². The van der Waals surface area contributed by atoms with Crippen LogP contribution in [0, 0.1) is 0 Å². The predicted octanol–water partition coefficient (Wildman–Crippen LogP) is -0.001000. The van der Waals surface area contributed by atoms with E-state index >= 15 is 0 Å². The molecule has 1 aromatic carbocycles.